The molecule has 0 aliphatic heterocycles. The average Bonchev–Trinajstić information content (AvgIpc) is 2.82. The molecule has 0 saturated carbocycles. The van der Waals surface area contributed by atoms with E-state index in [0.29, 0.717) is 12.1 Å². The van der Waals surface area contributed by atoms with Crippen molar-refractivity contribution in [3.8, 4) is 0 Å². The zero-order valence-electron chi connectivity index (χ0n) is 10.3. The fourth-order valence-electron chi connectivity index (χ4n) is 1.96. The number of furan rings is 1. The monoisotopic (exact) mass is 230 g/mol. The van der Waals surface area contributed by atoms with Crippen LogP contribution in [0.1, 0.15) is 31.2 Å². The van der Waals surface area contributed by atoms with Gasteiger partial charge in [-0.3, -0.25) is 4.98 Å². The molecule has 0 amide bonds. The van der Waals surface area contributed by atoms with Gasteiger partial charge in [-0.2, -0.15) is 0 Å². The van der Waals surface area contributed by atoms with Crippen molar-refractivity contribution in [2.24, 2.45) is 0 Å². The number of aromatic nitrogens is 1. The largest absolute Gasteiger partial charge is 0.469 e. The first-order chi connectivity index (χ1) is 8.25. The molecule has 0 bridgehead atoms. The van der Waals surface area contributed by atoms with Crippen LogP contribution in [0.5, 0.6) is 0 Å². The van der Waals surface area contributed by atoms with Crippen LogP contribution < -0.4 is 5.32 Å². The molecule has 0 aromatic carbocycles. The molecule has 3 nitrogen and oxygen atoms in total. The predicted octanol–water partition coefficient (Wildman–Crippen LogP) is 2.96. The van der Waals surface area contributed by atoms with Crippen molar-refractivity contribution in [3.05, 3.63) is 54.2 Å². The minimum absolute atomic E-state index is 0.322. The fourth-order valence-corrected chi connectivity index (χ4v) is 1.96. The van der Waals surface area contributed by atoms with Crippen molar-refractivity contribution in [2.45, 2.75) is 32.4 Å². The van der Waals surface area contributed by atoms with Crippen molar-refractivity contribution in [1.29, 1.82) is 0 Å². The van der Waals surface area contributed by atoms with Crippen LogP contribution in [-0.2, 0) is 6.42 Å². The fraction of sp³-hybridized carbons (Fsp3) is 0.357. The summed E-state index contributed by atoms with van der Waals surface area (Å²) in [6.07, 6.45) is 6.27. The SMILES string of the molecule is CC(Cc1ccco1)N[C@H](C)c1ccncc1. The summed E-state index contributed by atoms with van der Waals surface area (Å²) in [4.78, 5) is 4.02. The van der Waals surface area contributed by atoms with Gasteiger partial charge in [0.2, 0.25) is 0 Å². The first-order valence-corrected chi connectivity index (χ1v) is 5.94. The topological polar surface area (TPSA) is 38.1 Å². The van der Waals surface area contributed by atoms with E-state index >= 15 is 0 Å². The zero-order chi connectivity index (χ0) is 12.1. The van der Waals surface area contributed by atoms with Crippen LogP contribution in [0.2, 0.25) is 0 Å². The van der Waals surface area contributed by atoms with Gasteiger partial charge >= 0.3 is 0 Å². The molecule has 3 heteroatoms. The number of hydrogen-bond acceptors (Lipinski definition) is 3. The van der Waals surface area contributed by atoms with E-state index in [2.05, 4.69) is 24.1 Å². The van der Waals surface area contributed by atoms with E-state index in [1.165, 1.54) is 5.56 Å². The molecule has 2 aromatic heterocycles. The third-order valence-electron chi connectivity index (χ3n) is 2.83. The van der Waals surface area contributed by atoms with E-state index in [0.717, 1.165) is 12.2 Å². The Morgan fingerprint density at radius 2 is 2.00 bits per heavy atom. The summed E-state index contributed by atoms with van der Waals surface area (Å²) in [7, 11) is 0. The smallest absolute Gasteiger partial charge is 0.105 e. The van der Waals surface area contributed by atoms with Gasteiger partial charge in [-0.1, -0.05) is 0 Å². The molecule has 0 aliphatic carbocycles. The molecule has 0 saturated heterocycles. The highest BCUT2D eigenvalue weighted by Gasteiger charge is 2.10. The minimum atomic E-state index is 0.322. The summed E-state index contributed by atoms with van der Waals surface area (Å²) in [6.45, 7) is 4.33. The third-order valence-corrected chi connectivity index (χ3v) is 2.83. The molecule has 2 heterocycles. The maximum Gasteiger partial charge on any atom is 0.105 e. The molecule has 0 radical (unpaired) electrons. The Hall–Kier alpha value is -1.61. The molecule has 2 aromatic rings. The number of nitrogens with one attached hydrogen (secondary N) is 1. The van der Waals surface area contributed by atoms with Gasteiger partial charge in [-0.05, 0) is 43.7 Å². The maximum atomic E-state index is 5.34. The van der Waals surface area contributed by atoms with Crippen LogP contribution in [0.3, 0.4) is 0 Å². The van der Waals surface area contributed by atoms with E-state index < -0.39 is 0 Å². The number of hydrogen-bond donors (Lipinski definition) is 1. The quantitative estimate of drug-likeness (QED) is 0.858. The van der Waals surface area contributed by atoms with Crippen LogP contribution in [-0.4, -0.2) is 11.0 Å². The summed E-state index contributed by atoms with van der Waals surface area (Å²) in [5, 5.41) is 3.55. The van der Waals surface area contributed by atoms with Gasteiger partial charge in [0.25, 0.3) is 0 Å². The van der Waals surface area contributed by atoms with Crippen LogP contribution in [0.15, 0.2) is 47.3 Å². The van der Waals surface area contributed by atoms with Crippen LogP contribution in [0, 0.1) is 0 Å². The molecule has 2 atom stereocenters. The first kappa shape index (κ1) is 11.9. The molecule has 1 unspecified atom stereocenters. The average molecular weight is 230 g/mol. The van der Waals surface area contributed by atoms with Crippen LogP contribution in [0.4, 0.5) is 0 Å². The second-order valence-corrected chi connectivity index (χ2v) is 4.35. The van der Waals surface area contributed by atoms with E-state index in [1.54, 1.807) is 6.26 Å². The van der Waals surface area contributed by atoms with E-state index in [1.807, 2.05) is 36.7 Å². The Bertz CT molecular complexity index is 425. The van der Waals surface area contributed by atoms with E-state index in [4.69, 9.17) is 4.42 Å². The van der Waals surface area contributed by atoms with Gasteiger partial charge in [-0.15, -0.1) is 0 Å². The van der Waals surface area contributed by atoms with Crippen molar-refractivity contribution in [1.82, 2.24) is 10.3 Å². The van der Waals surface area contributed by atoms with Gasteiger partial charge in [0.05, 0.1) is 6.26 Å². The summed E-state index contributed by atoms with van der Waals surface area (Å²) >= 11 is 0. The van der Waals surface area contributed by atoms with Crippen molar-refractivity contribution in [3.63, 3.8) is 0 Å². The van der Waals surface area contributed by atoms with Gasteiger partial charge < -0.3 is 9.73 Å². The normalized spacial score (nSPS) is 14.5. The lowest BCUT2D eigenvalue weighted by Crippen LogP contribution is -2.30. The van der Waals surface area contributed by atoms with Gasteiger partial charge in [-0.25, -0.2) is 0 Å². The van der Waals surface area contributed by atoms with Crippen molar-refractivity contribution >= 4 is 0 Å². The molecule has 1 N–H and O–H groups in total. The highest BCUT2D eigenvalue weighted by Crippen LogP contribution is 2.12. The second-order valence-electron chi connectivity index (χ2n) is 4.35. The summed E-state index contributed by atoms with van der Waals surface area (Å²) in [5.41, 5.74) is 1.26. The highest BCUT2D eigenvalue weighted by molar-refractivity contribution is 5.14. The van der Waals surface area contributed by atoms with Crippen molar-refractivity contribution < 1.29 is 4.42 Å². The summed E-state index contributed by atoms with van der Waals surface area (Å²) in [5.74, 6) is 1.02. The Balaban J connectivity index is 1.88. The first-order valence-electron chi connectivity index (χ1n) is 5.94. The lowest BCUT2D eigenvalue weighted by molar-refractivity contribution is 0.429. The Morgan fingerprint density at radius 1 is 1.24 bits per heavy atom. The van der Waals surface area contributed by atoms with E-state index in [9.17, 15) is 0 Å². The molecular weight excluding hydrogens is 212 g/mol. The molecule has 2 rings (SSSR count). The van der Waals surface area contributed by atoms with Gasteiger partial charge in [0.1, 0.15) is 5.76 Å². The zero-order valence-corrected chi connectivity index (χ0v) is 10.3. The molecule has 0 aliphatic rings. The molecule has 0 fully saturated rings. The highest BCUT2D eigenvalue weighted by atomic mass is 16.3. The van der Waals surface area contributed by atoms with Crippen LogP contribution in [0.25, 0.3) is 0 Å². The number of pyridine rings is 1. The minimum Gasteiger partial charge on any atom is -0.469 e. The van der Waals surface area contributed by atoms with Crippen LogP contribution >= 0.6 is 0 Å². The molecule has 90 valence electrons. The standard InChI is InChI=1S/C14H18N2O/c1-11(10-14-4-3-9-17-14)16-12(2)13-5-7-15-8-6-13/h3-9,11-12,16H,10H2,1-2H3/t11?,12-/m1/s1. The van der Waals surface area contributed by atoms with Crippen molar-refractivity contribution in [2.75, 3.05) is 0 Å². The molecular formula is C14H18N2O. The summed E-state index contributed by atoms with van der Waals surface area (Å²) < 4.78 is 5.34. The van der Waals surface area contributed by atoms with Gasteiger partial charge in [0.15, 0.2) is 0 Å². The third kappa shape index (κ3) is 3.43. The van der Waals surface area contributed by atoms with E-state index in [-0.39, 0.29) is 0 Å². The lowest BCUT2D eigenvalue weighted by Gasteiger charge is -2.19. The van der Waals surface area contributed by atoms with Gasteiger partial charge in [0, 0.05) is 30.9 Å². The Labute approximate surface area is 102 Å². The maximum absolute atomic E-state index is 5.34. The Morgan fingerprint density at radius 3 is 2.65 bits per heavy atom. The molecule has 0 spiro atoms. The lowest BCUT2D eigenvalue weighted by atomic mass is 10.1. The second kappa shape index (κ2) is 5.64. The number of rotatable bonds is 5. The predicted molar refractivity (Wildman–Crippen MR) is 67.7 cm³/mol. The summed E-state index contributed by atoms with van der Waals surface area (Å²) in [6, 6.07) is 8.71. The number of nitrogens with zero attached hydrogens (tertiary/aromatic N) is 1. The molecule has 17 heavy (non-hydrogen) atoms. The Kier molecular flexibility index (Phi) is 3.94.